The monoisotopic (exact) mass is 473 g/mol. The Morgan fingerprint density at radius 3 is 2.69 bits per heavy atom. The van der Waals surface area contributed by atoms with Crippen LogP contribution >= 0.6 is 0 Å². The van der Waals surface area contributed by atoms with Crippen LogP contribution in [0, 0.1) is 13.8 Å². The van der Waals surface area contributed by atoms with Crippen molar-refractivity contribution in [3.63, 3.8) is 0 Å². The molecule has 0 spiro atoms. The number of methoxy groups -OCH3 is 1. The number of benzene rings is 2. The van der Waals surface area contributed by atoms with Crippen molar-refractivity contribution in [3.05, 3.63) is 95.4 Å². The maximum atomic E-state index is 12.7. The van der Waals surface area contributed by atoms with E-state index in [1.54, 1.807) is 24.2 Å². The molecule has 2 aromatic carbocycles. The minimum Gasteiger partial charge on any atom is -0.493 e. The maximum absolute atomic E-state index is 12.7. The Labute approximate surface area is 203 Å². The van der Waals surface area contributed by atoms with Gasteiger partial charge in [0.2, 0.25) is 5.91 Å². The molecule has 4 aromatic rings. The van der Waals surface area contributed by atoms with Gasteiger partial charge in [-0.2, -0.15) is 5.10 Å². The summed E-state index contributed by atoms with van der Waals surface area (Å²) in [6, 6.07) is 15.0. The second-order valence-electron chi connectivity index (χ2n) is 7.92. The van der Waals surface area contributed by atoms with Crippen LogP contribution in [-0.2, 0) is 17.9 Å². The molecule has 180 valence electrons. The molecule has 1 unspecified atom stereocenters. The van der Waals surface area contributed by atoms with Crippen LogP contribution in [-0.4, -0.2) is 32.9 Å². The molecular formula is C26H27N5O4. The van der Waals surface area contributed by atoms with Gasteiger partial charge in [0.15, 0.2) is 11.5 Å². The average molecular weight is 474 g/mol. The van der Waals surface area contributed by atoms with Crippen molar-refractivity contribution >= 4 is 12.0 Å². The van der Waals surface area contributed by atoms with Gasteiger partial charge in [0, 0.05) is 6.08 Å². The predicted molar refractivity (Wildman–Crippen MR) is 130 cm³/mol. The summed E-state index contributed by atoms with van der Waals surface area (Å²) >= 11 is 0. The highest BCUT2D eigenvalue weighted by Gasteiger charge is 2.15. The Balaban J connectivity index is 1.42. The van der Waals surface area contributed by atoms with E-state index in [1.165, 1.54) is 12.4 Å². The van der Waals surface area contributed by atoms with Gasteiger partial charge in [-0.05, 0) is 43.2 Å². The molecule has 9 heteroatoms. The quantitative estimate of drug-likeness (QED) is 0.347. The van der Waals surface area contributed by atoms with E-state index in [0.29, 0.717) is 24.7 Å². The average Bonchev–Trinajstić information content (AvgIpc) is 3.51. The number of nitrogens with zero attached hydrogens (tertiary/aromatic N) is 4. The van der Waals surface area contributed by atoms with E-state index in [1.807, 2.05) is 62.4 Å². The van der Waals surface area contributed by atoms with Crippen LogP contribution in [0.2, 0.25) is 0 Å². The summed E-state index contributed by atoms with van der Waals surface area (Å²) in [4.78, 5) is 16.7. The fourth-order valence-electron chi connectivity index (χ4n) is 3.59. The van der Waals surface area contributed by atoms with Crippen LogP contribution in [0.25, 0.3) is 6.08 Å². The SMILES string of the molecule is COc1cc(/C=C/C(=O)NC(Cn2cncn2)c2ccccc2)ccc1OCc1c(C)noc1C. The molecule has 4 rings (SSSR count). The zero-order valence-corrected chi connectivity index (χ0v) is 19.8. The van der Waals surface area contributed by atoms with Gasteiger partial charge >= 0.3 is 0 Å². The van der Waals surface area contributed by atoms with Crippen molar-refractivity contribution in [2.24, 2.45) is 0 Å². The number of aryl methyl sites for hydroxylation is 2. The summed E-state index contributed by atoms with van der Waals surface area (Å²) in [5.74, 6) is 1.65. The summed E-state index contributed by atoms with van der Waals surface area (Å²) in [5.41, 5.74) is 3.48. The lowest BCUT2D eigenvalue weighted by molar-refractivity contribution is -0.117. The van der Waals surface area contributed by atoms with Gasteiger partial charge in [-0.1, -0.05) is 41.6 Å². The molecule has 1 atom stereocenters. The summed E-state index contributed by atoms with van der Waals surface area (Å²) in [5, 5.41) is 11.1. The summed E-state index contributed by atoms with van der Waals surface area (Å²) < 4.78 is 18.3. The molecule has 1 N–H and O–H groups in total. The number of carbonyl (C=O) groups excluding carboxylic acids is 1. The lowest BCUT2D eigenvalue weighted by Gasteiger charge is -2.18. The molecule has 0 bridgehead atoms. The van der Waals surface area contributed by atoms with Gasteiger partial charge in [0.05, 0.1) is 31.0 Å². The van der Waals surface area contributed by atoms with E-state index in [9.17, 15) is 4.79 Å². The summed E-state index contributed by atoms with van der Waals surface area (Å²) in [6.45, 7) is 4.51. The Hall–Kier alpha value is -4.40. The zero-order valence-electron chi connectivity index (χ0n) is 19.8. The number of amides is 1. The third-order valence-electron chi connectivity index (χ3n) is 5.52. The first kappa shape index (κ1) is 23.7. The number of rotatable bonds is 10. The second-order valence-corrected chi connectivity index (χ2v) is 7.92. The summed E-state index contributed by atoms with van der Waals surface area (Å²) in [7, 11) is 1.58. The molecule has 0 radical (unpaired) electrons. The third kappa shape index (κ3) is 6.14. The number of ether oxygens (including phenoxy) is 2. The van der Waals surface area contributed by atoms with Crippen molar-refractivity contribution in [3.8, 4) is 11.5 Å². The van der Waals surface area contributed by atoms with Crippen molar-refractivity contribution in [1.29, 1.82) is 0 Å². The number of hydrogen-bond acceptors (Lipinski definition) is 7. The largest absolute Gasteiger partial charge is 0.493 e. The Morgan fingerprint density at radius 2 is 2.00 bits per heavy atom. The molecule has 0 saturated heterocycles. The van der Waals surface area contributed by atoms with Crippen molar-refractivity contribution in [1.82, 2.24) is 25.2 Å². The van der Waals surface area contributed by atoms with E-state index in [2.05, 4.69) is 20.6 Å². The Bertz CT molecular complexity index is 1260. The molecule has 2 heterocycles. The van der Waals surface area contributed by atoms with Gasteiger partial charge < -0.3 is 19.3 Å². The first-order chi connectivity index (χ1) is 17.0. The molecule has 35 heavy (non-hydrogen) atoms. The minimum atomic E-state index is -0.260. The molecule has 0 aliphatic rings. The number of nitrogens with one attached hydrogen (secondary N) is 1. The fourth-order valence-corrected chi connectivity index (χ4v) is 3.59. The van der Waals surface area contributed by atoms with Gasteiger partial charge in [-0.15, -0.1) is 0 Å². The van der Waals surface area contributed by atoms with E-state index in [-0.39, 0.29) is 11.9 Å². The maximum Gasteiger partial charge on any atom is 0.244 e. The van der Waals surface area contributed by atoms with E-state index in [0.717, 1.165) is 28.1 Å². The molecule has 0 aliphatic heterocycles. The zero-order chi connectivity index (χ0) is 24.6. The van der Waals surface area contributed by atoms with Gasteiger partial charge in [-0.3, -0.25) is 9.48 Å². The first-order valence-corrected chi connectivity index (χ1v) is 11.1. The van der Waals surface area contributed by atoms with Gasteiger partial charge in [0.1, 0.15) is 25.0 Å². The molecular weight excluding hydrogens is 446 g/mol. The lowest BCUT2D eigenvalue weighted by Crippen LogP contribution is -2.30. The highest BCUT2D eigenvalue weighted by molar-refractivity contribution is 5.92. The summed E-state index contributed by atoms with van der Waals surface area (Å²) in [6.07, 6.45) is 6.32. The smallest absolute Gasteiger partial charge is 0.244 e. The van der Waals surface area contributed by atoms with Crippen LogP contribution in [0.1, 0.15) is 34.2 Å². The van der Waals surface area contributed by atoms with E-state index in [4.69, 9.17) is 14.0 Å². The standard InChI is InChI=1S/C26H27N5O4/c1-18-22(19(2)35-30-18)15-34-24-11-9-20(13-25(24)33-3)10-12-26(32)29-23(14-31-17-27-16-28-31)21-7-5-4-6-8-21/h4-13,16-17,23H,14-15H2,1-3H3,(H,29,32)/b12-10+. The lowest BCUT2D eigenvalue weighted by atomic mass is 10.1. The normalized spacial score (nSPS) is 12.0. The highest BCUT2D eigenvalue weighted by Crippen LogP contribution is 2.30. The predicted octanol–water partition coefficient (Wildman–Crippen LogP) is 4.04. The second kappa shape index (κ2) is 11.1. The molecule has 1 amide bonds. The fraction of sp³-hybridized carbons (Fsp3) is 0.231. The highest BCUT2D eigenvalue weighted by atomic mass is 16.5. The molecule has 2 aromatic heterocycles. The number of carbonyl (C=O) groups is 1. The van der Waals surface area contributed by atoms with Crippen molar-refractivity contribution in [2.45, 2.75) is 33.0 Å². The van der Waals surface area contributed by atoms with Crippen LogP contribution in [0.4, 0.5) is 0 Å². The van der Waals surface area contributed by atoms with Crippen molar-refractivity contribution in [2.75, 3.05) is 7.11 Å². The van der Waals surface area contributed by atoms with Gasteiger partial charge in [-0.25, -0.2) is 4.98 Å². The van der Waals surface area contributed by atoms with Crippen LogP contribution in [0.3, 0.4) is 0 Å². The first-order valence-electron chi connectivity index (χ1n) is 11.1. The van der Waals surface area contributed by atoms with Crippen molar-refractivity contribution < 1.29 is 18.8 Å². The Kier molecular flexibility index (Phi) is 7.57. The Morgan fingerprint density at radius 1 is 1.17 bits per heavy atom. The molecule has 0 saturated carbocycles. The van der Waals surface area contributed by atoms with Crippen LogP contribution in [0.5, 0.6) is 11.5 Å². The number of aromatic nitrogens is 4. The van der Waals surface area contributed by atoms with Crippen LogP contribution < -0.4 is 14.8 Å². The molecule has 0 fully saturated rings. The number of hydrogen-bond donors (Lipinski definition) is 1. The topological polar surface area (TPSA) is 104 Å². The van der Waals surface area contributed by atoms with E-state index < -0.39 is 0 Å². The van der Waals surface area contributed by atoms with Gasteiger partial charge in [0.25, 0.3) is 0 Å². The third-order valence-corrected chi connectivity index (χ3v) is 5.52. The molecule has 9 nitrogen and oxygen atoms in total. The van der Waals surface area contributed by atoms with Crippen LogP contribution in [0.15, 0.2) is 71.8 Å². The molecule has 0 aliphatic carbocycles. The van der Waals surface area contributed by atoms with E-state index >= 15 is 0 Å². The minimum absolute atomic E-state index is 0.225.